The average Bonchev–Trinajstić information content (AvgIpc) is 3.30. The molecular weight excluding hydrogens is 530 g/mol. The third-order valence-electron chi connectivity index (χ3n) is 7.23. The highest BCUT2D eigenvalue weighted by Gasteiger charge is 2.47. The molecule has 2 N–H and O–H groups in total. The van der Waals surface area contributed by atoms with E-state index in [0.29, 0.717) is 35.6 Å². The van der Waals surface area contributed by atoms with Gasteiger partial charge in [-0.1, -0.05) is 35.9 Å². The van der Waals surface area contributed by atoms with Gasteiger partial charge in [0.15, 0.2) is 21.2 Å². The molecule has 5 rings (SSSR count). The molecule has 0 saturated heterocycles. The topological polar surface area (TPSA) is 127 Å². The van der Waals surface area contributed by atoms with E-state index in [9.17, 15) is 18.0 Å². The van der Waals surface area contributed by atoms with Gasteiger partial charge in [0, 0.05) is 23.2 Å². The first-order valence-electron chi connectivity index (χ1n) is 12.4. The summed E-state index contributed by atoms with van der Waals surface area (Å²) in [6.45, 7) is 1.96. The van der Waals surface area contributed by atoms with Crippen LogP contribution < -0.4 is 10.7 Å². The maximum atomic E-state index is 12.7. The third-order valence-corrected chi connectivity index (χ3v) is 8.65. The second kappa shape index (κ2) is 10.1. The minimum atomic E-state index is -3.43. The van der Waals surface area contributed by atoms with Gasteiger partial charge in [-0.25, -0.2) is 18.6 Å². The lowest BCUT2D eigenvalue weighted by Crippen LogP contribution is -2.52. The minimum absolute atomic E-state index is 0.0866. The zero-order valence-corrected chi connectivity index (χ0v) is 22.6. The Bertz CT molecular complexity index is 1510. The second-order valence-corrected chi connectivity index (χ2v) is 12.5. The molecule has 1 saturated carbocycles. The van der Waals surface area contributed by atoms with Gasteiger partial charge in [-0.2, -0.15) is 5.10 Å². The Morgan fingerprint density at radius 1 is 1.21 bits per heavy atom. The summed E-state index contributed by atoms with van der Waals surface area (Å²) < 4.78 is 35.3. The van der Waals surface area contributed by atoms with Gasteiger partial charge < -0.3 is 14.5 Å². The van der Waals surface area contributed by atoms with Crippen LogP contribution in [0.2, 0.25) is 5.02 Å². The van der Waals surface area contributed by atoms with Crippen LogP contribution in [-0.2, 0) is 14.6 Å². The normalized spacial score (nSPS) is 22.4. The van der Waals surface area contributed by atoms with E-state index in [1.54, 1.807) is 12.1 Å². The molecular formula is C27H28ClN3O6S. The van der Waals surface area contributed by atoms with Crippen LogP contribution in [0.4, 0.5) is 4.79 Å². The molecule has 2 amide bonds. The summed E-state index contributed by atoms with van der Waals surface area (Å²) in [5.41, 5.74) is 3.06. The van der Waals surface area contributed by atoms with Crippen LogP contribution in [0.5, 0.6) is 0 Å². The maximum Gasteiger partial charge on any atom is 0.428 e. The highest BCUT2D eigenvalue weighted by atomic mass is 35.5. The monoisotopic (exact) mass is 557 g/mol. The number of ether oxygens (including phenoxy) is 1. The number of nitrogens with zero attached hydrogens (tertiary/aromatic N) is 1. The standard InChI is InChI=1S/C27H28ClN3O6S/c1-16(29-25(32)23-14-18-5-3-4-6-22(18)36-23)13-17-9-11-27(12-10-17)24(30-31-26(33)37-27)20-8-7-19(15-21(20)28)38(2,34)35/h3-8,14-17H,9-13H2,1-2H3,(H,29,32)(H,31,33)/t16-,17?,27?/m0/s1. The van der Waals surface area contributed by atoms with E-state index in [1.165, 1.54) is 12.1 Å². The van der Waals surface area contributed by atoms with Gasteiger partial charge in [0.25, 0.3) is 5.91 Å². The van der Waals surface area contributed by atoms with Gasteiger partial charge >= 0.3 is 6.09 Å². The van der Waals surface area contributed by atoms with Gasteiger partial charge in [-0.15, -0.1) is 0 Å². The van der Waals surface area contributed by atoms with Crippen molar-refractivity contribution in [3.63, 3.8) is 0 Å². The number of fused-ring (bicyclic) bond motifs is 1. The number of hydrogen-bond donors (Lipinski definition) is 2. The molecule has 0 radical (unpaired) electrons. The Morgan fingerprint density at radius 2 is 1.95 bits per heavy atom. The largest absolute Gasteiger partial charge is 0.451 e. The van der Waals surface area contributed by atoms with E-state index < -0.39 is 21.5 Å². The summed E-state index contributed by atoms with van der Waals surface area (Å²) in [5, 5.41) is 8.40. The smallest absolute Gasteiger partial charge is 0.428 e. The van der Waals surface area contributed by atoms with E-state index in [-0.39, 0.29) is 27.6 Å². The Labute approximate surface area is 225 Å². The highest BCUT2D eigenvalue weighted by molar-refractivity contribution is 7.90. The van der Waals surface area contributed by atoms with Crippen LogP contribution in [0.25, 0.3) is 11.0 Å². The van der Waals surface area contributed by atoms with E-state index in [0.717, 1.165) is 30.9 Å². The molecule has 1 aromatic heterocycles. The molecule has 2 aliphatic rings. The molecule has 2 aromatic carbocycles. The molecule has 3 aromatic rings. The van der Waals surface area contributed by atoms with Crippen LogP contribution in [0.15, 0.2) is 62.9 Å². The predicted molar refractivity (Wildman–Crippen MR) is 143 cm³/mol. The summed E-state index contributed by atoms with van der Waals surface area (Å²) in [6.07, 6.45) is 3.78. The van der Waals surface area contributed by atoms with Crippen LogP contribution in [-0.4, -0.2) is 44.0 Å². The van der Waals surface area contributed by atoms with Gasteiger partial charge in [0.05, 0.1) is 9.92 Å². The fourth-order valence-corrected chi connectivity index (χ4v) is 6.32. The first kappa shape index (κ1) is 26.2. The third kappa shape index (κ3) is 5.28. The zero-order valence-electron chi connectivity index (χ0n) is 21.0. The molecule has 0 bridgehead atoms. The number of carbonyl (C=O) groups is 2. The number of carbonyl (C=O) groups excluding carboxylic acids is 2. The lowest BCUT2D eigenvalue weighted by atomic mass is 9.73. The molecule has 1 spiro atoms. The summed E-state index contributed by atoms with van der Waals surface area (Å²) in [6, 6.07) is 13.6. The van der Waals surface area contributed by atoms with Crippen molar-refractivity contribution in [2.75, 3.05) is 6.26 Å². The van der Waals surface area contributed by atoms with Crippen molar-refractivity contribution >= 4 is 50.1 Å². The Hall–Kier alpha value is -3.37. The van der Waals surface area contributed by atoms with Crippen molar-refractivity contribution in [2.45, 2.75) is 55.6 Å². The summed E-state index contributed by atoms with van der Waals surface area (Å²) in [5.74, 6) is 0.321. The number of sulfone groups is 1. The zero-order chi connectivity index (χ0) is 27.1. The van der Waals surface area contributed by atoms with Crippen LogP contribution in [0.1, 0.15) is 55.1 Å². The Kier molecular flexibility index (Phi) is 6.96. The Balaban J connectivity index is 1.25. The number of hydrazone groups is 1. The van der Waals surface area contributed by atoms with Gasteiger partial charge in [-0.3, -0.25) is 4.79 Å². The molecule has 1 fully saturated rings. The molecule has 1 aliphatic heterocycles. The second-order valence-electron chi connectivity index (χ2n) is 10.1. The summed E-state index contributed by atoms with van der Waals surface area (Å²) >= 11 is 6.47. The van der Waals surface area contributed by atoms with E-state index in [2.05, 4.69) is 15.8 Å². The molecule has 38 heavy (non-hydrogen) atoms. The van der Waals surface area contributed by atoms with E-state index in [1.807, 2.05) is 31.2 Å². The molecule has 1 aliphatic carbocycles. The quantitative estimate of drug-likeness (QED) is 0.435. The van der Waals surface area contributed by atoms with Crippen LogP contribution >= 0.6 is 11.6 Å². The summed E-state index contributed by atoms with van der Waals surface area (Å²) in [4.78, 5) is 25.0. The van der Waals surface area contributed by atoms with Crippen LogP contribution in [0, 0.1) is 5.92 Å². The van der Waals surface area contributed by atoms with Crippen molar-refractivity contribution in [3.05, 3.63) is 64.9 Å². The lowest BCUT2D eigenvalue weighted by Gasteiger charge is -2.42. The van der Waals surface area contributed by atoms with Crippen molar-refractivity contribution in [2.24, 2.45) is 11.0 Å². The first-order chi connectivity index (χ1) is 18.0. The van der Waals surface area contributed by atoms with Crippen molar-refractivity contribution in [1.82, 2.24) is 10.7 Å². The average molecular weight is 558 g/mol. The Morgan fingerprint density at radius 3 is 2.63 bits per heavy atom. The number of halogens is 1. The van der Waals surface area contributed by atoms with Gasteiger partial charge in [0.1, 0.15) is 11.3 Å². The first-order valence-corrected chi connectivity index (χ1v) is 14.7. The minimum Gasteiger partial charge on any atom is -0.451 e. The number of benzene rings is 2. The van der Waals surface area contributed by atoms with Crippen molar-refractivity contribution < 1.29 is 27.2 Å². The fraction of sp³-hybridized carbons (Fsp3) is 0.370. The lowest BCUT2D eigenvalue weighted by molar-refractivity contribution is 0.0154. The number of hydrogen-bond acceptors (Lipinski definition) is 7. The highest BCUT2D eigenvalue weighted by Crippen LogP contribution is 2.41. The molecule has 9 nitrogen and oxygen atoms in total. The predicted octanol–water partition coefficient (Wildman–Crippen LogP) is 5.07. The molecule has 2 heterocycles. The molecule has 200 valence electrons. The number of para-hydroxylation sites is 1. The maximum absolute atomic E-state index is 12.7. The van der Waals surface area contributed by atoms with Crippen LogP contribution in [0.3, 0.4) is 0 Å². The van der Waals surface area contributed by atoms with Gasteiger partial charge in [-0.05, 0) is 69.2 Å². The summed E-state index contributed by atoms with van der Waals surface area (Å²) in [7, 11) is -3.43. The van der Waals surface area contributed by atoms with Gasteiger partial charge in [0.2, 0.25) is 0 Å². The number of nitrogens with one attached hydrogen (secondary N) is 2. The van der Waals surface area contributed by atoms with E-state index >= 15 is 0 Å². The fourth-order valence-electron chi connectivity index (χ4n) is 5.34. The molecule has 1 atom stereocenters. The number of amides is 2. The number of rotatable bonds is 6. The SMILES string of the molecule is C[C@@H](CC1CCC2(CC1)OC(=O)NN=C2c1ccc(S(C)(=O)=O)cc1Cl)NC(=O)c1cc2ccccc2o1. The van der Waals surface area contributed by atoms with Crippen molar-refractivity contribution in [3.8, 4) is 0 Å². The number of furan rings is 1. The molecule has 11 heteroatoms. The van der Waals surface area contributed by atoms with Crippen molar-refractivity contribution in [1.29, 1.82) is 0 Å². The molecule has 0 unspecified atom stereocenters. The van der Waals surface area contributed by atoms with E-state index in [4.69, 9.17) is 20.8 Å².